The Balaban J connectivity index is 2.09. The van der Waals surface area contributed by atoms with Crippen LogP contribution in [-0.2, 0) is 15.7 Å². The largest absolute Gasteiger partial charge is 0.449 e. The smallest absolute Gasteiger partial charge is 0.417 e. The van der Waals surface area contributed by atoms with Crippen LogP contribution in [0.1, 0.15) is 22.8 Å². The molecule has 2 aromatic carbocycles. The fourth-order valence-corrected chi connectivity index (χ4v) is 2.45. The fourth-order valence-electron chi connectivity index (χ4n) is 2.22. The van der Waals surface area contributed by atoms with Gasteiger partial charge in [-0.2, -0.15) is 13.2 Å². The zero-order chi connectivity index (χ0) is 20.2. The fraction of sp³-hybridized carbons (Fsp3) is 0.222. The molecule has 0 saturated heterocycles. The van der Waals surface area contributed by atoms with Crippen LogP contribution < -0.4 is 10.6 Å². The summed E-state index contributed by atoms with van der Waals surface area (Å²) in [5, 5.41) is 4.62. The van der Waals surface area contributed by atoms with E-state index < -0.39 is 34.7 Å². The average molecular weight is 401 g/mol. The van der Waals surface area contributed by atoms with E-state index in [4.69, 9.17) is 16.3 Å². The third-order valence-corrected chi connectivity index (χ3v) is 3.94. The molecule has 0 aliphatic rings. The molecule has 27 heavy (non-hydrogen) atoms. The first-order valence-corrected chi connectivity index (χ1v) is 8.16. The number of carbonyl (C=O) groups is 2. The van der Waals surface area contributed by atoms with Gasteiger partial charge in [0.05, 0.1) is 16.1 Å². The monoisotopic (exact) mass is 400 g/mol. The zero-order valence-corrected chi connectivity index (χ0v) is 15.1. The normalized spacial score (nSPS) is 12.2. The van der Waals surface area contributed by atoms with Crippen LogP contribution in [0.25, 0.3) is 0 Å². The van der Waals surface area contributed by atoms with Crippen LogP contribution in [0.4, 0.5) is 24.5 Å². The van der Waals surface area contributed by atoms with Crippen LogP contribution >= 0.6 is 11.6 Å². The number of rotatable bonds is 5. The number of ether oxygens (including phenoxy) is 1. The van der Waals surface area contributed by atoms with Gasteiger partial charge in [-0.25, -0.2) is 4.79 Å². The molecule has 9 heteroatoms. The minimum absolute atomic E-state index is 0.116. The van der Waals surface area contributed by atoms with Crippen LogP contribution in [0.2, 0.25) is 5.02 Å². The van der Waals surface area contributed by atoms with Crippen molar-refractivity contribution in [3.05, 3.63) is 58.6 Å². The number of benzene rings is 2. The van der Waals surface area contributed by atoms with Crippen molar-refractivity contribution >= 4 is 34.9 Å². The third-order valence-electron chi connectivity index (χ3n) is 3.61. The lowest BCUT2D eigenvalue weighted by Gasteiger charge is -2.16. The Morgan fingerprint density at radius 1 is 1.15 bits per heavy atom. The molecule has 0 aliphatic heterocycles. The number of alkyl halides is 3. The van der Waals surface area contributed by atoms with E-state index in [0.29, 0.717) is 11.8 Å². The first kappa shape index (κ1) is 20.6. The van der Waals surface area contributed by atoms with Crippen molar-refractivity contribution < 1.29 is 27.5 Å². The van der Waals surface area contributed by atoms with Gasteiger partial charge in [0.25, 0.3) is 5.91 Å². The van der Waals surface area contributed by atoms with E-state index in [0.717, 1.165) is 6.07 Å². The Labute approximate surface area is 158 Å². The number of halogens is 4. The highest BCUT2D eigenvalue weighted by Gasteiger charge is 2.33. The van der Waals surface area contributed by atoms with Gasteiger partial charge in [-0.15, -0.1) is 0 Å². The summed E-state index contributed by atoms with van der Waals surface area (Å²) in [6.45, 7) is 1.32. The molecule has 2 aromatic rings. The molecule has 0 aliphatic carbocycles. The first-order chi connectivity index (χ1) is 12.6. The molecule has 1 amide bonds. The Hall–Kier alpha value is -2.74. The molecule has 0 fully saturated rings. The van der Waals surface area contributed by atoms with Crippen LogP contribution in [-0.4, -0.2) is 25.0 Å². The van der Waals surface area contributed by atoms with Crippen molar-refractivity contribution in [1.82, 2.24) is 0 Å². The van der Waals surface area contributed by atoms with Crippen LogP contribution in [0.15, 0.2) is 42.5 Å². The summed E-state index contributed by atoms with van der Waals surface area (Å²) in [6.07, 6.45) is -5.89. The van der Waals surface area contributed by atoms with E-state index in [1.54, 1.807) is 25.2 Å². The number of hydrogen-bond acceptors (Lipinski definition) is 4. The molecule has 0 radical (unpaired) electrons. The second kappa shape index (κ2) is 8.30. The van der Waals surface area contributed by atoms with E-state index in [2.05, 4.69) is 10.6 Å². The maximum Gasteiger partial charge on any atom is 0.417 e. The number of esters is 1. The van der Waals surface area contributed by atoms with E-state index in [-0.39, 0.29) is 11.3 Å². The molecule has 5 nitrogen and oxygen atoms in total. The van der Waals surface area contributed by atoms with Crippen LogP contribution in [0, 0.1) is 0 Å². The minimum atomic E-state index is -4.66. The highest BCUT2D eigenvalue weighted by Crippen LogP contribution is 2.36. The second-order valence-electron chi connectivity index (χ2n) is 5.52. The summed E-state index contributed by atoms with van der Waals surface area (Å²) in [5.74, 6) is -1.52. The predicted molar refractivity (Wildman–Crippen MR) is 95.9 cm³/mol. The van der Waals surface area contributed by atoms with Gasteiger partial charge < -0.3 is 15.4 Å². The Morgan fingerprint density at radius 3 is 2.44 bits per heavy atom. The summed E-state index contributed by atoms with van der Waals surface area (Å²) in [4.78, 5) is 24.4. The van der Waals surface area contributed by atoms with Crippen molar-refractivity contribution in [3.63, 3.8) is 0 Å². The summed E-state index contributed by atoms with van der Waals surface area (Å²) in [7, 11) is 1.63. The van der Waals surface area contributed by atoms with Crippen molar-refractivity contribution in [3.8, 4) is 0 Å². The Bertz CT molecular complexity index is 856. The summed E-state index contributed by atoms with van der Waals surface area (Å²) in [5.41, 5.74) is -0.446. The van der Waals surface area contributed by atoms with Gasteiger partial charge in [0.2, 0.25) is 0 Å². The average Bonchev–Trinajstić information content (AvgIpc) is 2.62. The molecule has 2 N–H and O–H groups in total. The molecule has 0 heterocycles. The molecule has 2 rings (SSSR count). The van der Waals surface area contributed by atoms with E-state index in [9.17, 15) is 22.8 Å². The van der Waals surface area contributed by atoms with Crippen molar-refractivity contribution in [2.75, 3.05) is 17.7 Å². The van der Waals surface area contributed by atoms with Crippen LogP contribution in [0.3, 0.4) is 0 Å². The molecule has 144 valence electrons. The number of nitrogens with one attached hydrogen (secondary N) is 2. The predicted octanol–water partition coefficient (Wildman–Crippen LogP) is 4.58. The molecule has 0 saturated carbocycles. The Morgan fingerprint density at radius 2 is 1.81 bits per heavy atom. The summed E-state index contributed by atoms with van der Waals surface area (Å²) < 4.78 is 43.7. The third kappa shape index (κ3) is 5.13. The molecule has 0 spiro atoms. The van der Waals surface area contributed by atoms with Crippen LogP contribution in [0.5, 0.6) is 0 Å². The first-order valence-electron chi connectivity index (χ1n) is 7.79. The lowest BCUT2D eigenvalue weighted by atomic mass is 10.1. The Kier molecular flexibility index (Phi) is 6.32. The van der Waals surface area contributed by atoms with Crippen molar-refractivity contribution in [2.24, 2.45) is 0 Å². The molecule has 0 aromatic heterocycles. The van der Waals surface area contributed by atoms with Gasteiger partial charge in [0, 0.05) is 18.4 Å². The number of carbonyl (C=O) groups excluding carboxylic acids is 2. The van der Waals surface area contributed by atoms with Crippen molar-refractivity contribution in [2.45, 2.75) is 19.2 Å². The van der Waals surface area contributed by atoms with Gasteiger partial charge in [0.15, 0.2) is 6.10 Å². The van der Waals surface area contributed by atoms with E-state index >= 15 is 0 Å². The summed E-state index contributed by atoms with van der Waals surface area (Å²) >= 11 is 5.54. The zero-order valence-electron chi connectivity index (χ0n) is 14.4. The highest BCUT2D eigenvalue weighted by atomic mass is 35.5. The highest BCUT2D eigenvalue weighted by molar-refractivity contribution is 6.31. The second-order valence-corrected chi connectivity index (χ2v) is 5.93. The van der Waals surface area contributed by atoms with E-state index in [1.165, 1.54) is 19.1 Å². The topological polar surface area (TPSA) is 67.4 Å². The number of hydrogen-bond donors (Lipinski definition) is 2. The SMILES string of the molecule is CNc1ccccc1C(=O)OC(C)C(=O)Nc1ccc(Cl)c(C(F)(F)F)c1. The lowest BCUT2D eigenvalue weighted by molar-refractivity contribution is -0.137. The standard InChI is InChI=1S/C18H16ClF3N2O3/c1-10(27-17(26)12-5-3-4-6-15(12)23-2)16(25)24-11-7-8-14(19)13(9-11)18(20,21)22/h3-10,23H,1-2H3,(H,24,25). The number of para-hydroxylation sites is 1. The quantitative estimate of drug-likeness (QED) is 0.721. The maximum atomic E-state index is 12.9. The van der Waals surface area contributed by atoms with Gasteiger partial charge in [-0.05, 0) is 37.3 Å². The molecule has 1 atom stereocenters. The summed E-state index contributed by atoms with van der Waals surface area (Å²) in [6, 6.07) is 9.50. The molecular formula is C18H16ClF3N2O3. The van der Waals surface area contributed by atoms with Crippen molar-refractivity contribution in [1.29, 1.82) is 0 Å². The lowest BCUT2D eigenvalue weighted by Crippen LogP contribution is -2.30. The maximum absolute atomic E-state index is 12.9. The minimum Gasteiger partial charge on any atom is -0.449 e. The van der Waals surface area contributed by atoms with Gasteiger partial charge in [0.1, 0.15) is 0 Å². The van der Waals surface area contributed by atoms with E-state index in [1.807, 2.05) is 0 Å². The molecule has 1 unspecified atom stereocenters. The van der Waals surface area contributed by atoms with Gasteiger partial charge >= 0.3 is 12.1 Å². The van der Waals surface area contributed by atoms with Gasteiger partial charge in [-0.1, -0.05) is 23.7 Å². The number of amides is 1. The number of anilines is 2. The van der Waals surface area contributed by atoms with Gasteiger partial charge in [-0.3, -0.25) is 4.79 Å². The molecule has 0 bridgehead atoms. The molecular weight excluding hydrogens is 385 g/mol.